The van der Waals surface area contributed by atoms with Gasteiger partial charge in [0.25, 0.3) is 0 Å². The second-order valence-electron chi connectivity index (χ2n) is 4.26. The first kappa shape index (κ1) is 14.6. The molecule has 0 radical (unpaired) electrons. The quantitative estimate of drug-likeness (QED) is 0.844. The van der Waals surface area contributed by atoms with Gasteiger partial charge in [0.05, 0.1) is 5.02 Å². The van der Waals surface area contributed by atoms with Gasteiger partial charge in [-0.3, -0.25) is 0 Å². The van der Waals surface area contributed by atoms with Gasteiger partial charge in [0.2, 0.25) is 0 Å². The van der Waals surface area contributed by atoms with Crippen LogP contribution in [-0.4, -0.2) is 0 Å². The topological polar surface area (TPSA) is 26.0 Å². The predicted molar refractivity (Wildman–Crippen MR) is 78.5 cm³/mol. The van der Waals surface area contributed by atoms with E-state index in [2.05, 4.69) is 0 Å². The molecule has 0 amide bonds. The zero-order valence-corrected chi connectivity index (χ0v) is 12.1. The molecule has 0 aliphatic heterocycles. The summed E-state index contributed by atoms with van der Waals surface area (Å²) in [6.07, 6.45) is 0.524. The maximum atomic E-state index is 13.1. The fourth-order valence-electron chi connectivity index (χ4n) is 1.83. The molecule has 0 aliphatic carbocycles. The average Bonchev–Trinajstić information content (AvgIpc) is 2.32. The maximum absolute atomic E-state index is 13.1. The van der Waals surface area contributed by atoms with Crippen LogP contribution >= 0.6 is 34.8 Å². The van der Waals surface area contributed by atoms with E-state index in [1.54, 1.807) is 30.3 Å². The summed E-state index contributed by atoms with van der Waals surface area (Å²) in [5.74, 6) is -0.440. The van der Waals surface area contributed by atoms with Gasteiger partial charge in [0, 0.05) is 16.1 Å². The highest BCUT2D eigenvalue weighted by Crippen LogP contribution is 2.25. The highest BCUT2D eigenvalue weighted by atomic mass is 35.5. The Kier molecular flexibility index (Phi) is 4.69. The largest absolute Gasteiger partial charge is 0.324 e. The molecule has 0 saturated heterocycles. The Balaban J connectivity index is 2.20. The van der Waals surface area contributed by atoms with Crippen molar-refractivity contribution in [2.75, 3.05) is 0 Å². The molecule has 0 fully saturated rings. The first-order valence-corrected chi connectivity index (χ1v) is 6.74. The van der Waals surface area contributed by atoms with Crippen LogP contribution in [0.5, 0.6) is 0 Å². The smallest absolute Gasteiger partial charge is 0.141 e. The first-order valence-electron chi connectivity index (χ1n) is 5.61. The van der Waals surface area contributed by atoms with Crippen LogP contribution in [0, 0.1) is 5.82 Å². The van der Waals surface area contributed by atoms with E-state index >= 15 is 0 Å². The van der Waals surface area contributed by atoms with Crippen molar-refractivity contribution in [3.05, 3.63) is 68.4 Å². The summed E-state index contributed by atoms with van der Waals surface area (Å²) >= 11 is 17.6. The number of benzene rings is 2. The van der Waals surface area contributed by atoms with Crippen LogP contribution in [0.25, 0.3) is 0 Å². The van der Waals surface area contributed by atoms with Gasteiger partial charge in [-0.15, -0.1) is 0 Å². The number of nitrogens with two attached hydrogens (primary N) is 1. The minimum absolute atomic E-state index is 0.0915. The van der Waals surface area contributed by atoms with Crippen LogP contribution in [0.15, 0.2) is 36.4 Å². The third-order valence-electron chi connectivity index (χ3n) is 2.75. The van der Waals surface area contributed by atoms with E-state index in [-0.39, 0.29) is 11.1 Å². The van der Waals surface area contributed by atoms with Crippen molar-refractivity contribution in [3.8, 4) is 0 Å². The summed E-state index contributed by atoms with van der Waals surface area (Å²) in [6, 6.07) is 9.46. The standard InChI is InChI=1S/C14H11Cl3FN/c15-10-5-9(6-11(16)7-10)14(19)4-8-1-2-13(18)12(17)3-8/h1-3,5-7,14H,4,19H2. The van der Waals surface area contributed by atoms with Crippen molar-refractivity contribution >= 4 is 34.8 Å². The Labute approximate surface area is 126 Å². The fraction of sp³-hybridized carbons (Fsp3) is 0.143. The van der Waals surface area contributed by atoms with Gasteiger partial charge in [-0.05, 0) is 47.9 Å². The Bertz CT molecular complexity index is 581. The molecular formula is C14H11Cl3FN. The van der Waals surface area contributed by atoms with E-state index in [0.717, 1.165) is 11.1 Å². The summed E-state index contributed by atoms with van der Waals surface area (Å²) in [4.78, 5) is 0. The van der Waals surface area contributed by atoms with Crippen LogP contribution < -0.4 is 5.73 Å². The maximum Gasteiger partial charge on any atom is 0.141 e. The van der Waals surface area contributed by atoms with E-state index in [9.17, 15) is 4.39 Å². The lowest BCUT2D eigenvalue weighted by Gasteiger charge is -2.13. The lowest BCUT2D eigenvalue weighted by Crippen LogP contribution is -2.13. The molecule has 0 bridgehead atoms. The van der Waals surface area contributed by atoms with E-state index in [1.165, 1.54) is 6.07 Å². The van der Waals surface area contributed by atoms with Gasteiger partial charge >= 0.3 is 0 Å². The number of hydrogen-bond donors (Lipinski definition) is 1. The van der Waals surface area contributed by atoms with Gasteiger partial charge in [-0.25, -0.2) is 4.39 Å². The zero-order chi connectivity index (χ0) is 14.0. The van der Waals surface area contributed by atoms with Gasteiger partial charge in [-0.2, -0.15) is 0 Å². The molecule has 2 aromatic carbocycles. The summed E-state index contributed by atoms with van der Waals surface area (Å²) in [5, 5.41) is 1.17. The van der Waals surface area contributed by atoms with Gasteiger partial charge < -0.3 is 5.73 Å². The summed E-state index contributed by atoms with van der Waals surface area (Å²) in [7, 11) is 0. The highest BCUT2D eigenvalue weighted by molar-refractivity contribution is 6.34. The van der Waals surface area contributed by atoms with Crippen LogP contribution in [0.2, 0.25) is 15.1 Å². The summed E-state index contributed by atoms with van der Waals surface area (Å²) < 4.78 is 13.1. The molecule has 1 nitrogen and oxygen atoms in total. The third-order valence-corrected chi connectivity index (χ3v) is 3.48. The molecule has 0 aliphatic rings. The van der Waals surface area contributed by atoms with Gasteiger partial charge in [0.15, 0.2) is 0 Å². The molecular weight excluding hydrogens is 308 g/mol. The SMILES string of the molecule is NC(Cc1ccc(F)c(Cl)c1)c1cc(Cl)cc(Cl)c1. The normalized spacial score (nSPS) is 12.5. The number of hydrogen-bond acceptors (Lipinski definition) is 1. The van der Waals surface area contributed by atoms with Crippen molar-refractivity contribution in [1.82, 2.24) is 0 Å². The van der Waals surface area contributed by atoms with E-state index in [0.29, 0.717) is 16.5 Å². The molecule has 0 aromatic heterocycles. The lowest BCUT2D eigenvalue weighted by atomic mass is 10.00. The second kappa shape index (κ2) is 6.10. The predicted octanol–water partition coefficient (Wildman–Crippen LogP) is 5.03. The zero-order valence-electron chi connectivity index (χ0n) is 9.84. The molecule has 5 heteroatoms. The van der Waals surface area contributed by atoms with Crippen LogP contribution in [0.1, 0.15) is 17.2 Å². The van der Waals surface area contributed by atoms with Gasteiger partial charge in [0.1, 0.15) is 5.82 Å². The fourth-order valence-corrected chi connectivity index (χ4v) is 2.57. The Morgan fingerprint density at radius 1 is 1.00 bits per heavy atom. The molecule has 0 saturated carbocycles. The van der Waals surface area contributed by atoms with Crippen molar-refractivity contribution in [3.63, 3.8) is 0 Å². The molecule has 0 spiro atoms. The molecule has 1 unspecified atom stereocenters. The van der Waals surface area contributed by atoms with Crippen LogP contribution in [0.3, 0.4) is 0 Å². The highest BCUT2D eigenvalue weighted by Gasteiger charge is 2.10. The number of rotatable bonds is 3. The minimum atomic E-state index is -0.440. The third kappa shape index (κ3) is 3.83. The molecule has 100 valence electrons. The molecule has 2 rings (SSSR count). The Morgan fingerprint density at radius 3 is 2.21 bits per heavy atom. The molecule has 0 heterocycles. The van der Waals surface area contributed by atoms with Crippen molar-refractivity contribution in [2.45, 2.75) is 12.5 Å². The monoisotopic (exact) mass is 317 g/mol. The molecule has 2 N–H and O–H groups in total. The lowest BCUT2D eigenvalue weighted by molar-refractivity contribution is 0.626. The average molecular weight is 319 g/mol. The van der Waals surface area contributed by atoms with Crippen molar-refractivity contribution in [1.29, 1.82) is 0 Å². The van der Waals surface area contributed by atoms with E-state index < -0.39 is 5.82 Å². The van der Waals surface area contributed by atoms with E-state index in [1.807, 2.05) is 0 Å². The summed E-state index contributed by atoms with van der Waals surface area (Å²) in [6.45, 7) is 0. The van der Waals surface area contributed by atoms with Crippen LogP contribution in [-0.2, 0) is 6.42 Å². The molecule has 19 heavy (non-hydrogen) atoms. The second-order valence-corrected chi connectivity index (χ2v) is 5.54. The Morgan fingerprint density at radius 2 is 1.63 bits per heavy atom. The Hall–Kier alpha value is -0.800. The van der Waals surface area contributed by atoms with E-state index in [4.69, 9.17) is 40.5 Å². The summed E-state index contributed by atoms with van der Waals surface area (Å²) in [5.41, 5.74) is 7.79. The first-order chi connectivity index (χ1) is 8.95. The van der Waals surface area contributed by atoms with Crippen molar-refractivity contribution < 1.29 is 4.39 Å². The van der Waals surface area contributed by atoms with Crippen LogP contribution in [0.4, 0.5) is 4.39 Å². The number of halogens is 4. The molecule has 1 atom stereocenters. The minimum Gasteiger partial charge on any atom is -0.324 e. The molecule has 2 aromatic rings. The van der Waals surface area contributed by atoms with Crippen molar-refractivity contribution in [2.24, 2.45) is 5.73 Å². The van der Waals surface area contributed by atoms with Gasteiger partial charge in [-0.1, -0.05) is 40.9 Å².